The van der Waals surface area contributed by atoms with E-state index in [2.05, 4.69) is 31.1 Å². The number of ether oxygens (including phenoxy) is 1. The van der Waals surface area contributed by atoms with E-state index in [0.717, 1.165) is 12.3 Å². The molecule has 0 aromatic heterocycles. The lowest BCUT2D eigenvalue weighted by Gasteiger charge is -2.15. The second-order valence-electron chi connectivity index (χ2n) is 5.93. The molecule has 1 atom stereocenters. The van der Waals surface area contributed by atoms with Crippen LogP contribution in [0.3, 0.4) is 0 Å². The first-order chi connectivity index (χ1) is 9.31. The van der Waals surface area contributed by atoms with E-state index in [1.54, 1.807) is 0 Å². The Balaban J connectivity index is 3.81. The molecule has 5 nitrogen and oxygen atoms in total. The van der Waals surface area contributed by atoms with Crippen LogP contribution in [0, 0.1) is 5.92 Å². The van der Waals surface area contributed by atoms with Gasteiger partial charge in [0.05, 0.1) is 19.1 Å². The Labute approximate surface area is 123 Å². The molecule has 0 spiro atoms. The lowest BCUT2D eigenvalue weighted by atomic mass is 10.0. The third-order valence-corrected chi connectivity index (χ3v) is 2.78. The van der Waals surface area contributed by atoms with E-state index in [4.69, 9.17) is 10.5 Å². The van der Waals surface area contributed by atoms with Crippen molar-refractivity contribution in [2.24, 2.45) is 16.6 Å². The molecule has 0 saturated heterocycles. The summed E-state index contributed by atoms with van der Waals surface area (Å²) in [4.78, 5) is 15.4. The Kier molecular flexibility index (Phi) is 9.86. The second-order valence-corrected chi connectivity index (χ2v) is 5.93. The van der Waals surface area contributed by atoms with Crippen LogP contribution in [0.25, 0.3) is 0 Å². The number of hydrogen-bond acceptors (Lipinski definition) is 3. The highest BCUT2D eigenvalue weighted by Crippen LogP contribution is 2.07. The van der Waals surface area contributed by atoms with E-state index < -0.39 is 0 Å². The van der Waals surface area contributed by atoms with E-state index in [1.807, 2.05) is 13.8 Å². The van der Waals surface area contributed by atoms with Crippen molar-refractivity contribution in [2.75, 3.05) is 6.54 Å². The fraction of sp³-hybridized carbons (Fsp3) is 0.867. The average Bonchev–Trinajstić information content (AvgIpc) is 2.26. The van der Waals surface area contributed by atoms with Crippen molar-refractivity contribution >= 4 is 11.9 Å². The molecule has 0 aliphatic heterocycles. The number of rotatable bonds is 9. The molecular weight excluding hydrogens is 254 g/mol. The summed E-state index contributed by atoms with van der Waals surface area (Å²) in [5.74, 6) is 0.904. The van der Waals surface area contributed by atoms with Crippen molar-refractivity contribution in [3.63, 3.8) is 0 Å². The van der Waals surface area contributed by atoms with Gasteiger partial charge >= 0.3 is 5.97 Å². The Morgan fingerprint density at radius 2 is 1.85 bits per heavy atom. The zero-order valence-corrected chi connectivity index (χ0v) is 13.6. The van der Waals surface area contributed by atoms with Crippen LogP contribution in [0.5, 0.6) is 0 Å². The number of guanidine groups is 1. The maximum absolute atomic E-state index is 11.3. The van der Waals surface area contributed by atoms with Crippen LogP contribution < -0.4 is 11.1 Å². The lowest BCUT2D eigenvalue weighted by Crippen LogP contribution is -2.38. The fourth-order valence-electron chi connectivity index (χ4n) is 1.79. The van der Waals surface area contributed by atoms with E-state index >= 15 is 0 Å². The van der Waals surface area contributed by atoms with Gasteiger partial charge in [-0.2, -0.15) is 0 Å². The molecule has 0 saturated carbocycles. The number of aliphatic imine (C=N–C) groups is 1. The molecule has 0 heterocycles. The third kappa shape index (κ3) is 11.8. The standard InChI is InChI=1S/C15H31N3O2/c1-11(2)7-6-8-13(5)18-15(16)17-10-9-14(19)20-12(3)4/h11-13H,6-10H2,1-5H3,(H3,16,17,18). The Morgan fingerprint density at radius 1 is 1.20 bits per heavy atom. The summed E-state index contributed by atoms with van der Waals surface area (Å²) < 4.78 is 5.02. The highest BCUT2D eigenvalue weighted by Gasteiger charge is 2.06. The van der Waals surface area contributed by atoms with Gasteiger partial charge in [0.25, 0.3) is 0 Å². The monoisotopic (exact) mass is 285 g/mol. The summed E-state index contributed by atoms with van der Waals surface area (Å²) in [7, 11) is 0. The van der Waals surface area contributed by atoms with Gasteiger partial charge in [0, 0.05) is 6.04 Å². The van der Waals surface area contributed by atoms with Crippen LogP contribution >= 0.6 is 0 Å². The molecule has 0 aromatic rings. The van der Waals surface area contributed by atoms with Crippen molar-refractivity contribution < 1.29 is 9.53 Å². The maximum Gasteiger partial charge on any atom is 0.307 e. The summed E-state index contributed by atoms with van der Waals surface area (Å²) in [6.07, 6.45) is 3.67. The minimum atomic E-state index is -0.235. The predicted octanol–water partition coefficient (Wildman–Crippen LogP) is 2.45. The van der Waals surface area contributed by atoms with Crippen LogP contribution in [0.2, 0.25) is 0 Å². The minimum Gasteiger partial charge on any atom is -0.463 e. The molecule has 118 valence electrons. The third-order valence-electron chi connectivity index (χ3n) is 2.78. The molecule has 0 bridgehead atoms. The molecule has 0 rings (SSSR count). The van der Waals surface area contributed by atoms with Crippen LogP contribution in [0.15, 0.2) is 4.99 Å². The van der Waals surface area contributed by atoms with Crippen molar-refractivity contribution in [3.8, 4) is 0 Å². The first-order valence-corrected chi connectivity index (χ1v) is 7.57. The van der Waals surface area contributed by atoms with E-state index in [1.165, 1.54) is 12.8 Å². The van der Waals surface area contributed by atoms with Gasteiger partial charge < -0.3 is 15.8 Å². The van der Waals surface area contributed by atoms with Gasteiger partial charge in [0.1, 0.15) is 0 Å². The number of carbonyl (C=O) groups is 1. The minimum absolute atomic E-state index is 0.0806. The molecule has 0 aliphatic carbocycles. The van der Waals surface area contributed by atoms with Gasteiger partial charge in [0.2, 0.25) is 0 Å². The smallest absolute Gasteiger partial charge is 0.307 e. The Morgan fingerprint density at radius 3 is 2.40 bits per heavy atom. The summed E-state index contributed by atoms with van der Waals surface area (Å²) >= 11 is 0. The molecule has 0 aliphatic rings. The molecule has 0 radical (unpaired) electrons. The summed E-state index contributed by atoms with van der Waals surface area (Å²) in [5.41, 5.74) is 5.78. The quantitative estimate of drug-likeness (QED) is 0.387. The zero-order valence-electron chi connectivity index (χ0n) is 13.6. The number of nitrogens with zero attached hydrogens (tertiary/aromatic N) is 1. The SMILES string of the molecule is CC(C)CCCC(C)NC(N)=NCCC(=O)OC(C)C. The normalized spacial score (nSPS) is 13.7. The number of hydrogen-bond donors (Lipinski definition) is 2. The van der Waals surface area contributed by atoms with E-state index in [-0.39, 0.29) is 18.5 Å². The van der Waals surface area contributed by atoms with Crippen molar-refractivity contribution in [3.05, 3.63) is 0 Å². The van der Waals surface area contributed by atoms with E-state index in [9.17, 15) is 4.79 Å². The number of nitrogens with two attached hydrogens (primary N) is 1. The average molecular weight is 285 g/mol. The molecule has 0 aromatic carbocycles. The van der Waals surface area contributed by atoms with Gasteiger partial charge in [-0.25, -0.2) is 0 Å². The fourth-order valence-corrected chi connectivity index (χ4v) is 1.79. The largest absolute Gasteiger partial charge is 0.463 e. The van der Waals surface area contributed by atoms with Gasteiger partial charge in [0.15, 0.2) is 5.96 Å². The molecule has 1 unspecified atom stereocenters. The molecule has 0 amide bonds. The maximum atomic E-state index is 11.3. The highest BCUT2D eigenvalue weighted by atomic mass is 16.5. The first-order valence-electron chi connectivity index (χ1n) is 7.57. The Hall–Kier alpha value is -1.26. The molecule has 20 heavy (non-hydrogen) atoms. The second kappa shape index (κ2) is 10.5. The highest BCUT2D eigenvalue weighted by molar-refractivity contribution is 5.78. The van der Waals surface area contributed by atoms with Gasteiger partial charge in [-0.3, -0.25) is 9.79 Å². The van der Waals surface area contributed by atoms with Crippen molar-refractivity contribution in [1.82, 2.24) is 5.32 Å². The predicted molar refractivity (Wildman–Crippen MR) is 83.6 cm³/mol. The van der Waals surface area contributed by atoms with Crippen LogP contribution in [0.1, 0.15) is 60.3 Å². The zero-order chi connectivity index (χ0) is 15.5. The lowest BCUT2D eigenvalue weighted by molar-refractivity contribution is -0.147. The number of nitrogens with one attached hydrogen (secondary N) is 1. The van der Waals surface area contributed by atoms with Crippen LogP contribution in [0.4, 0.5) is 0 Å². The first kappa shape index (κ1) is 18.7. The van der Waals surface area contributed by atoms with Crippen molar-refractivity contribution in [1.29, 1.82) is 0 Å². The summed E-state index contributed by atoms with van der Waals surface area (Å²) in [5, 5.41) is 3.14. The topological polar surface area (TPSA) is 76.7 Å². The van der Waals surface area contributed by atoms with Gasteiger partial charge in [-0.1, -0.05) is 26.7 Å². The van der Waals surface area contributed by atoms with Crippen molar-refractivity contribution in [2.45, 2.75) is 72.4 Å². The number of esters is 1. The Bertz CT molecular complexity index is 301. The molecular formula is C15H31N3O2. The molecule has 0 fully saturated rings. The molecule has 3 N–H and O–H groups in total. The van der Waals surface area contributed by atoms with Gasteiger partial charge in [-0.15, -0.1) is 0 Å². The molecule has 5 heteroatoms. The van der Waals surface area contributed by atoms with E-state index in [0.29, 0.717) is 18.5 Å². The number of carbonyl (C=O) groups excluding carboxylic acids is 1. The van der Waals surface area contributed by atoms with Crippen LogP contribution in [-0.2, 0) is 9.53 Å². The summed E-state index contributed by atoms with van der Waals surface area (Å²) in [6, 6.07) is 0.306. The summed E-state index contributed by atoms with van der Waals surface area (Å²) in [6.45, 7) is 10.6. The van der Waals surface area contributed by atoms with Gasteiger partial charge in [-0.05, 0) is 33.1 Å². The van der Waals surface area contributed by atoms with Crippen LogP contribution in [-0.4, -0.2) is 30.6 Å².